The number of anilines is 3. The van der Waals surface area contributed by atoms with Crippen LogP contribution < -0.4 is 10.6 Å². The summed E-state index contributed by atoms with van der Waals surface area (Å²) in [5.41, 5.74) is 0.274. The number of rotatable bonds is 7. The molecule has 0 saturated heterocycles. The molecule has 0 radical (unpaired) electrons. The Labute approximate surface area is 151 Å². The molecule has 2 rings (SSSR count). The first-order chi connectivity index (χ1) is 12.2. The van der Waals surface area contributed by atoms with Crippen molar-refractivity contribution in [3.63, 3.8) is 0 Å². The molecule has 0 unspecified atom stereocenters. The van der Waals surface area contributed by atoms with Crippen molar-refractivity contribution in [1.29, 1.82) is 5.41 Å². The summed E-state index contributed by atoms with van der Waals surface area (Å²) >= 11 is 5.58. The first-order valence-corrected chi connectivity index (χ1v) is 7.72. The molecule has 2 aromatic rings. The van der Waals surface area contributed by atoms with E-state index in [1.807, 2.05) is 0 Å². The molecule has 1 aromatic heterocycles. The van der Waals surface area contributed by atoms with Gasteiger partial charge >= 0.3 is 6.18 Å². The van der Waals surface area contributed by atoms with Crippen molar-refractivity contribution in [3.8, 4) is 0 Å². The summed E-state index contributed by atoms with van der Waals surface area (Å²) in [4.78, 5) is 18.2. The summed E-state index contributed by atoms with van der Waals surface area (Å²) in [6, 6.07) is 4.99. The number of nitroso groups, excluding NO2 is 1. The third-order valence-electron chi connectivity index (χ3n) is 3.29. The van der Waals surface area contributed by atoms with Crippen LogP contribution in [0.4, 0.5) is 30.5 Å². The predicted molar refractivity (Wildman–Crippen MR) is 92.6 cm³/mol. The van der Waals surface area contributed by atoms with E-state index in [0.29, 0.717) is 29.7 Å². The fourth-order valence-corrected chi connectivity index (χ4v) is 2.30. The van der Waals surface area contributed by atoms with Gasteiger partial charge in [-0.15, -0.1) is 0 Å². The summed E-state index contributed by atoms with van der Waals surface area (Å²) in [5, 5.41) is 12.6. The van der Waals surface area contributed by atoms with Crippen molar-refractivity contribution in [1.82, 2.24) is 9.97 Å². The summed E-state index contributed by atoms with van der Waals surface area (Å²) in [6.45, 7) is 0.597. The fourth-order valence-electron chi connectivity index (χ4n) is 2.06. The molecule has 1 heterocycles. The Morgan fingerprint density at radius 3 is 2.62 bits per heavy atom. The SMILES string of the molecule is C[N+](=O)CCNc1cccc(Nc2ncc(C(F)(F)F)c(Cl)n2)c1C=N. The van der Waals surface area contributed by atoms with Gasteiger partial charge in [-0.3, -0.25) is 0 Å². The zero-order valence-electron chi connectivity index (χ0n) is 13.6. The standard InChI is InChI=1S/C15H15ClF3N6O/c1-25(26)6-5-21-11-3-2-4-12(9(11)7-20)23-14-22-8-10(13(16)24-14)15(17,18)19/h2-4,7-8,20-21H,5-6H2,1H3,(H,22,23,24)/q+1. The molecule has 3 N–H and O–H groups in total. The minimum atomic E-state index is -4.64. The lowest BCUT2D eigenvalue weighted by molar-refractivity contribution is -0.515. The Balaban J connectivity index is 2.25. The second-order valence-corrected chi connectivity index (χ2v) is 5.57. The molecule has 0 aliphatic carbocycles. The monoisotopic (exact) mass is 387 g/mol. The zero-order chi connectivity index (χ0) is 19.3. The van der Waals surface area contributed by atoms with Crippen molar-refractivity contribution in [2.75, 3.05) is 30.8 Å². The first-order valence-electron chi connectivity index (χ1n) is 7.34. The molecule has 0 aliphatic heterocycles. The van der Waals surface area contributed by atoms with E-state index in [0.717, 1.165) is 11.0 Å². The van der Waals surface area contributed by atoms with Gasteiger partial charge in [0.1, 0.15) is 10.7 Å². The van der Waals surface area contributed by atoms with Crippen LogP contribution in [-0.2, 0) is 6.18 Å². The van der Waals surface area contributed by atoms with Crippen LogP contribution in [0, 0.1) is 10.3 Å². The summed E-state index contributed by atoms with van der Waals surface area (Å²) in [6.07, 6.45) is -2.99. The molecule has 0 spiro atoms. The lowest BCUT2D eigenvalue weighted by Crippen LogP contribution is -2.15. The lowest BCUT2D eigenvalue weighted by atomic mass is 10.1. The second-order valence-electron chi connectivity index (χ2n) is 5.21. The van der Waals surface area contributed by atoms with E-state index < -0.39 is 16.9 Å². The average molecular weight is 388 g/mol. The van der Waals surface area contributed by atoms with Gasteiger partial charge in [0.15, 0.2) is 7.05 Å². The van der Waals surface area contributed by atoms with Crippen LogP contribution in [-0.4, -0.2) is 41.1 Å². The fraction of sp³-hybridized carbons (Fsp3) is 0.267. The maximum atomic E-state index is 12.7. The van der Waals surface area contributed by atoms with E-state index in [9.17, 15) is 18.1 Å². The van der Waals surface area contributed by atoms with Gasteiger partial charge in [-0.05, 0) is 16.9 Å². The third kappa shape index (κ3) is 4.88. The first kappa shape index (κ1) is 19.6. The van der Waals surface area contributed by atoms with Crippen LogP contribution in [0.1, 0.15) is 11.1 Å². The smallest absolute Gasteiger partial charge is 0.378 e. The molecule has 0 saturated carbocycles. The van der Waals surface area contributed by atoms with Gasteiger partial charge in [0.25, 0.3) is 0 Å². The number of alkyl halides is 3. The van der Waals surface area contributed by atoms with E-state index in [-0.39, 0.29) is 12.5 Å². The van der Waals surface area contributed by atoms with Gasteiger partial charge in [-0.1, -0.05) is 17.7 Å². The number of likely N-dealkylation sites (N-methyl/N-ethyl adjacent to an activating group) is 1. The molecule has 0 fully saturated rings. The third-order valence-corrected chi connectivity index (χ3v) is 3.57. The largest absolute Gasteiger partial charge is 0.420 e. The molecule has 0 atom stereocenters. The highest BCUT2D eigenvalue weighted by molar-refractivity contribution is 6.30. The van der Waals surface area contributed by atoms with Gasteiger partial charge in [0, 0.05) is 28.6 Å². The van der Waals surface area contributed by atoms with E-state index in [1.165, 1.54) is 7.05 Å². The van der Waals surface area contributed by atoms with E-state index in [4.69, 9.17) is 17.0 Å². The Hall–Kier alpha value is -2.75. The minimum Gasteiger partial charge on any atom is -0.378 e. The number of hydrogen-bond donors (Lipinski definition) is 3. The van der Waals surface area contributed by atoms with Crippen molar-refractivity contribution in [3.05, 3.63) is 45.6 Å². The summed E-state index contributed by atoms with van der Waals surface area (Å²) in [5.74, 6) is -0.137. The van der Waals surface area contributed by atoms with Crippen LogP contribution in [0.25, 0.3) is 0 Å². The summed E-state index contributed by atoms with van der Waals surface area (Å²) in [7, 11) is 1.39. The van der Waals surface area contributed by atoms with Gasteiger partial charge in [-0.2, -0.15) is 13.2 Å². The highest BCUT2D eigenvalue weighted by atomic mass is 35.5. The number of nitrogens with zero attached hydrogens (tertiary/aromatic N) is 3. The Kier molecular flexibility index (Phi) is 6.09. The zero-order valence-corrected chi connectivity index (χ0v) is 14.3. The van der Waals surface area contributed by atoms with Crippen LogP contribution in [0.15, 0.2) is 24.4 Å². The molecule has 26 heavy (non-hydrogen) atoms. The Bertz CT molecular complexity index is 828. The van der Waals surface area contributed by atoms with Crippen LogP contribution in [0.3, 0.4) is 0 Å². The molecule has 0 aliphatic rings. The normalized spacial score (nSPS) is 11.1. The van der Waals surface area contributed by atoms with Crippen molar-refractivity contribution in [2.45, 2.75) is 6.18 Å². The highest BCUT2D eigenvalue weighted by Gasteiger charge is 2.34. The molecule has 0 amide bonds. The number of nitrogens with one attached hydrogen (secondary N) is 3. The van der Waals surface area contributed by atoms with E-state index in [2.05, 4.69) is 20.6 Å². The van der Waals surface area contributed by atoms with Crippen LogP contribution >= 0.6 is 11.6 Å². The van der Waals surface area contributed by atoms with E-state index >= 15 is 0 Å². The molecule has 11 heteroatoms. The highest BCUT2D eigenvalue weighted by Crippen LogP contribution is 2.34. The molecular formula is C15H15ClF3N6O+. The van der Waals surface area contributed by atoms with Crippen molar-refractivity contribution in [2.24, 2.45) is 0 Å². The van der Waals surface area contributed by atoms with Crippen LogP contribution in [0.5, 0.6) is 0 Å². The van der Waals surface area contributed by atoms with Crippen molar-refractivity contribution < 1.29 is 17.9 Å². The summed E-state index contributed by atoms with van der Waals surface area (Å²) < 4.78 is 38.9. The number of benzene rings is 1. The van der Waals surface area contributed by atoms with Crippen molar-refractivity contribution >= 4 is 35.1 Å². The number of hydrogen-bond acceptors (Lipinski definition) is 6. The maximum absolute atomic E-state index is 12.7. The predicted octanol–water partition coefficient (Wildman–Crippen LogP) is 3.71. The minimum absolute atomic E-state index is 0.137. The topological polar surface area (TPSA) is 93.8 Å². The quantitative estimate of drug-likeness (QED) is 0.382. The lowest BCUT2D eigenvalue weighted by Gasteiger charge is -2.14. The Morgan fingerprint density at radius 1 is 1.35 bits per heavy atom. The maximum Gasteiger partial charge on any atom is 0.420 e. The van der Waals surface area contributed by atoms with Gasteiger partial charge in [0.2, 0.25) is 12.5 Å². The second kappa shape index (κ2) is 8.09. The number of halogens is 4. The molecule has 0 bridgehead atoms. The molecule has 7 nitrogen and oxygen atoms in total. The van der Waals surface area contributed by atoms with Gasteiger partial charge < -0.3 is 16.0 Å². The molecule has 1 aromatic carbocycles. The average Bonchev–Trinajstić information content (AvgIpc) is 2.53. The van der Waals surface area contributed by atoms with E-state index in [1.54, 1.807) is 18.2 Å². The molecule has 138 valence electrons. The van der Waals surface area contributed by atoms with Gasteiger partial charge in [0.05, 0.1) is 12.2 Å². The Morgan fingerprint density at radius 2 is 2.04 bits per heavy atom. The number of aromatic nitrogens is 2. The van der Waals surface area contributed by atoms with Crippen LogP contribution in [0.2, 0.25) is 5.15 Å². The molecular weight excluding hydrogens is 373 g/mol. The van der Waals surface area contributed by atoms with Gasteiger partial charge in [-0.25, -0.2) is 9.97 Å².